The van der Waals surface area contributed by atoms with E-state index in [0.29, 0.717) is 18.1 Å². The van der Waals surface area contributed by atoms with E-state index in [-0.39, 0.29) is 0 Å². The van der Waals surface area contributed by atoms with Gasteiger partial charge in [0.15, 0.2) is 0 Å². The normalized spacial score (nSPS) is 23.6. The quantitative estimate of drug-likeness (QED) is 0.768. The molecule has 0 saturated carbocycles. The molecule has 1 fully saturated rings. The lowest BCUT2D eigenvalue weighted by atomic mass is 10.0. The molecule has 118 valence electrons. The molecule has 3 nitrogen and oxygen atoms in total. The number of hydrogen-bond donors (Lipinski definition) is 0. The molecule has 0 bridgehead atoms. The van der Waals surface area contributed by atoms with Crippen LogP contribution in [0.2, 0.25) is 0 Å². The van der Waals surface area contributed by atoms with E-state index in [0.717, 1.165) is 26.1 Å². The maximum atomic E-state index is 6.28. The van der Waals surface area contributed by atoms with Gasteiger partial charge in [-0.25, -0.2) is 0 Å². The van der Waals surface area contributed by atoms with Crippen LogP contribution in [0.25, 0.3) is 0 Å². The zero-order valence-corrected chi connectivity index (χ0v) is 13.8. The molecule has 1 saturated heterocycles. The highest BCUT2D eigenvalue weighted by molar-refractivity contribution is 5.08. The minimum absolute atomic E-state index is 0.384. The summed E-state index contributed by atoms with van der Waals surface area (Å²) in [5.74, 6) is 0.593. The van der Waals surface area contributed by atoms with E-state index >= 15 is 0 Å². The van der Waals surface area contributed by atoms with Crippen LogP contribution < -0.4 is 0 Å². The fourth-order valence-corrected chi connectivity index (χ4v) is 2.93. The third-order valence-corrected chi connectivity index (χ3v) is 4.33. The van der Waals surface area contributed by atoms with Crippen LogP contribution in [0.1, 0.15) is 45.6 Å². The molecule has 0 aliphatic carbocycles. The summed E-state index contributed by atoms with van der Waals surface area (Å²) in [5.41, 5.74) is 1.33. The second kappa shape index (κ2) is 8.50. The molecule has 2 rings (SSSR count). The fraction of sp³-hybridized carbons (Fsp3) is 0.722. The van der Waals surface area contributed by atoms with Crippen molar-refractivity contribution in [2.75, 3.05) is 19.6 Å². The number of pyridine rings is 1. The Hall–Kier alpha value is -0.930. The van der Waals surface area contributed by atoms with Crippen molar-refractivity contribution in [2.24, 2.45) is 5.92 Å². The van der Waals surface area contributed by atoms with Crippen LogP contribution in [0.3, 0.4) is 0 Å². The highest BCUT2D eigenvalue weighted by Gasteiger charge is 2.28. The van der Waals surface area contributed by atoms with Gasteiger partial charge in [0.25, 0.3) is 0 Å². The van der Waals surface area contributed by atoms with Gasteiger partial charge in [0, 0.05) is 32.0 Å². The Balaban J connectivity index is 1.87. The minimum atomic E-state index is 0.384. The molecule has 21 heavy (non-hydrogen) atoms. The first-order chi connectivity index (χ1) is 10.2. The smallest absolute Gasteiger partial charge is 0.0729 e. The summed E-state index contributed by atoms with van der Waals surface area (Å²) >= 11 is 0. The Morgan fingerprint density at radius 1 is 1.38 bits per heavy atom. The molecule has 0 amide bonds. The molecule has 0 N–H and O–H groups in total. The molecular weight excluding hydrogens is 260 g/mol. The van der Waals surface area contributed by atoms with Crippen LogP contribution >= 0.6 is 0 Å². The summed E-state index contributed by atoms with van der Waals surface area (Å²) in [5, 5.41) is 0. The Morgan fingerprint density at radius 2 is 2.24 bits per heavy atom. The second-order valence-corrected chi connectivity index (χ2v) is 6.55. The van der Waals surface area contributed by atoms with E-state index in [9.17, 15) is 0 Å². The van der Waals surface area contributed by atoms with E-state index in [1.807, 2.05) is 18.5 Å². The van der Waals surface area contributed by atoms with Crippen LogP contribution in [0.5, 0.6) is 0 Å². The Bertz CT molecular complexity index is 393. The van der Waals surface area contributed by atoms with E-state index in [2.05, 4.69) is 36.7 Å². The molecule has 0 radical (unpaired) electrons. The van der Waals surface area contributed by atoms with Gasteiger partial charge in [0.2, 0.25) is 0 Å². The molecule has 3 heteroatoms. The number of nitrogens with zero attached hydrogens (tertiary/aromatic N) is 2. The summed E-state index contributed by atoms with van der Waals surface area (Å²) < 4.78 is 6.28. The molecule has 2 heterocycles. The van der Waals surface area contributed by atoms with E-state index < -0.39 is 0 Å². The highest BCUT2D eigenvalue weighted by Crippen LogP contribution is 2.21. The SMILES string of the molecule is CCCC[C@@H]1CN(CCc2cccnc2)C[C@H](C(C)C)O1. The van der Waals surface area contributed by atoms with E-state index in [1.54, 1.807) is 0 Å². The monoisotopic (exact) mass is 290 g/mol. The molecule has 1 aromatic rings. The lowest BCUT2D eigenvalue weighted by Crippen LogP contribution is -2.49. The number of ether oxygens (including phenoxy) is 1. The molecule has 1 aliphatic heterocycles. The number of aromatic nitrogens is 1. The van der Waals surface area contributed by atoms with Crippen molar-refractivity contribution < 1.29 is 4.74 Å². The summed E-state index contributed by atoms with van der Waals surface area (Å²) in [4.78, 5) is 6.79. The van der Waals surface area contributed by atoms with Crippen LogP contribution in [-0.4, -0.2) is 41.7 Å². The average Bonchev–Trinajstić information content (AvgIpc) is 2.51. The first kappa shape index (κ1) is 16.4. The van der Waals surface area contributed by atoms with Crippen molar-refractivity contribution in [1.29, 1.82) is 0 Å². The maximum Gasteiger partial charge on any atom is 0.0729 e. The van der Waals surface area contributed by atoms with E-state index in [4.69, 9.17) is 4.74 Å². The van der Waals surface area contributed by atoms with Crippen molar-refractivity contribution in [1.82, 2.24) is 9.88 Å². The summed E-state index contributed by atoms with van der Waals surface area (Å²) in [6, 6.07) is 4.19. The number of morpholine rings is 1. The molecule has 0 spiro atoms. The summed E-state index contributed by atoms with van der Waals surface area (Å²) in [6.45, 7) is 10.1. The number of hydrogen-bond acceptors (Lipinski definition) is 3. The van der Waals surface area contributed by atoms with Crippen molar-refractivity contribution in [2.45, 2.75) is 58.7 Å². The van der Waals surface area contributed by atoms with Crippen LogP contribution in [-0.2, 0) is 11.2 Å². The average molecular weight is 290 g/mol. The number of rotatable bonds is 7. The predicted octanol–water partition coefficient (Wildman–Crippen LogP) is 3.54. The van der Waals surface area contributed by atoms with Gasteiger partial charge in [0.05, 0.1) is 12.2 Å². The zero-order chi connectivity index (χ0) is 15.1. The summed E-state index contributed by atoms with van der Waals surface area (Å²) in [6.07, 6.45) is 9.42. The maximum absolute atomic E-state index is 6.28. The molecule has 2 atom stereocenters. The molecular formula is C18H30N2O. The van der Waals surface area contributed by atoms with Gasteiger partial charge in [-0.15, -0.1) is 0 Å². The van der Waals surface area contributed by atoms with Crippen molar-refractivity contribution in [3.8, 4) is 0 Å². The predicted molar refractivity (Wildman–Crippen MR) is 87.4 cm³/mol. The van der Waals surface area contributed by atoms with Gasteiger partial charge < -0.3 is 4.74 Å². The van der Waals surface area contributed by atoms with Gasteiger partial charge in [-0.05, 0) is 30.4 Å². The van der Waals surface area contributed by atoms with Gasteiger partial charge in [-0.1, -0.05) is 39.7 Å². The van der Waals surface area contributed by atoms with Crippen LogP contribution in [0.4, 0.5) is 0 Å². The van der Waals surface area contributed by atoms with Gasteiger partial charge in [-0.3, -0.25) is 9.88 Å². The van der Waals surface area contributed by atoms with Gasteiger partial charge >= 0.3 is 0 Å². The largest absolute Gasteiger partial charge is 0.372 e. The van der Waals surface area contributed by atoms with Crippen molar-refractivity contribution in [3.05, 3.63) is 30.1 Å². The minimum Gasteiger partial charge on any atom is -0.372 e. The zero-order valence-electron chi connectivity index (χ0n) is 13.8. The lowest BCUT2D eigenvalue weighted by Gasteiger charge is -2.40. The van der Waals surface area contributed by atoms with Crippen molar-refractivity contribution in [3.63, 3.8) is 0 Å². The van der Waals surface area contributed by atoms with Gasteiger partial charge in [-0.2, -0.15) is 0 Å². The first-order valence-corrected chi connectivity index (χ1v) is 8.45. The molecule has 0 unspecified atom stereocenters. The van der Waals surface area contributed by atoms with E-state index in [1.165, 1.54) is 24.8 Å². The second-order valence-electron chi connectivity index (χ2n) is 6.55. The standard InChI is InChI=1S/C18H30N2O/c1-4-5-8-17-13-20(14-18(21-17)15(2)3)11-9-16-7-6-10-19-12-16/h6-7,10,12,15,17-18H,4-5,8-9,11,13-14H2,1-3H3/t17-,18-/m1/s1. The summed E-state index contributed by atoms with van der Waals surface area (Å²) in [7, 11) is 0. The van der Waals surface area contributed by atoms with Crippen molar-refractivity contribution >= 4 is 0 Å². The third-order valence-electron chi connectivity index (χ3n) is 4.33. The fourth-order valence-electron chi connectivity index (χ4n) is 2.93. The highest BCUT2D eigenvalue weighted by atomic mass is 16.5. The van der Waals surface area contributed by atoms with Crippen LogP contribution in [0.15, 0.2) is 24.5 Å². The first-order valence-electron chi connectivity index (χ1n) is 8.45. The lowest BCUT2D eigenvalue weighted by molar-refractivity contribution is -0.105. The molecule has 1 aromatic heterocycles. The van der Waals surface area contributed by atoms with Crippen LogP contribution in [0, 0.1) is 5.92 Å². The van der Waals surface area contributed by atoms with Gasteiger partial charge in [0.1, 0.15) is 0 Å². The Morgan fingerprint density at radius 3 is 2.90 bits per heavy atom. The number of unbranched alkanes of at least 4 members (excludes halogenated alkanes) is 1. The topological polar surface area (TPSA) is 25.4 Å². The molecule has 0 aromatic carbocycles. The Kier molecular flexibility index (Phi) is 6.65. The molecule has 1 aliphatic rings. The Labute approximate surface area is 129 Å². The third kappa shape index (κ3) is 5.40.